The van der Waals surface area contributed by atoms with E-state index < -0.39 is 0 Å². The first-order valence-corrected chi connectivity index (χ1v) is 7.14. The molecule has 0 radical (unpaired) electrons. The van der Waals surface area contributed by atoms with Crippen LogP contribution in [0.3, 0.4) is 0 Å². The normalized spacial score (nSPS) is 38.7. The molecule has 3 fully saturated rings. The number of ether oxygens (including phenoxy) is 1. The van der Waals surface area contributed by atoms with Crippen molar-refractivity contribution in [3.8, 4) is 0 Å². The first kappa shape index (κ1) is 12.3. The second kappa shape index (κ2) is 4.12. The van der Waals surface area contributed by atoms with Gasteiger partial charge in [-0.2, -0.15) is 0 Å². The lowest BCUT2D eigenvalue weighted by molar-refractivity contribution is 0.0284. The van der Waals surface area contributed by atoms with E-state index in [0.29, 0.717) is 11.8 Å². The summed E-state index contributed by atoms with van der Waals surface area (Å²) in [7, 11) is 0. The molecule has 2 heterocycles. The number of fused-ring (bicyclic) bond motifs is 2. The second-order valence-corrected chi connectivity index (χ2v) is 7.15. The van der Waals surface area contributed by atoms with Crippen LogP contribution in [-0.2, 0) is 4.74 Å². The molecule has 4 heteroatoms. The molecule has 0 aromatic carbocycles. The summed E-state index contributed by atoms with van der Waals surface area (Å²) >= 11 is 0. The lowest BCUT2D eigenvalue weighted by Gasteiger charge is -2.46. The number of likely N-dealkylation sites (tertiary alicyclic amines) is 1. The van der Waals surface area contributed by atoms with Crippen LogP contribution in [0.25, 0.3) is 0 Å². The van der Waals surface area contributed by atoms with E-state index in [2.05, 4.69) is 5.32 Å². The van der Waals surface area contributed by atoms with E-state index in [9.17, 15) is 4.79 Å². The van der Waals surface area contributed by atoms with Gasteiger partial charge in [-0.25, -0.2) is 4.79 Å². The monoisotopic (exact) mass is 252 g/mol. The molecule has 0 spiro atoms. The zero-order valence-corrected chi connectivity index (χ0v) is 11.6. The molecule has 0 aromatic rings. The van der Waals surface area contributed by atoms with Gasteiger partial charge in [-0.05, 0) is 57.9 Å². The van der Waals surface area contributed by atoms with Crippen molar-refractivity contribution in [2.24, 2.45) is 17.8 Å². The molecule has 3 aliphatic rings. The molecular formula is C14H24N2O2. The predicted molar refractivity (Wildman–Crippen MR) is 69.3 cm³/mol. The fourth-order valence-electron chi connectivity index (χ4n) is 3.64. The summed E-state index contributed by atoms with van der Waals surface area (Å²) < 4.78 is 5.47. The van der Waals surface area contributed by atoms with Gasteiger partial charge in [-0.15, -0.1) is 0 Å². The maximum absolute atomic E-state index is 12.1. The van der Waals surface area contributed by atoms with Gasteiger partial charge in [0.2, 0.25) is 0 Å². The van der Waals surface area contributed by atoms with Crippen molar-refractivity contribution in [1.82, 2.24) is 10.2 Å². The molecule has 1 saturated carbocycles. The average molecular weight is 252 g/mol. The summed E-state index contributed by atoms with van der Waals surface area (Å²) in [5.41, 5.74) is -0.384. The van der Waals surface area contributed by atoms with E-state index in [0.717, 1.165) is 25.0 Å². The highest BCUT2D eigenvalue weighted by atomic mass is 16.6. The Balaban J connectivity index is 1.59. The van der Waals surface area contributed by atoms with Crippen LogP contribution in [0, 0.1) is 17.8 Å². The molecule has 3 rings (SSSR count). The van der Waals surface area contributed by atoms with Crippen molar-refractivity contribution in [3.63, 3.8) is 0 Å². The quantitative estimate of drug-likeness (QED) is 0.715. The van der Waals surface area contributed by atoms with Crippen LogP contribution in [0.2, 0.25) is 0 Å². The average Bonchev–Trinajstić information content (AvgIpc) is 2.61. The van der Waals surface area contributed by atoms with Crippen molar-refractivity contribution >= 4 is 6.09 Å². The smallest absolute Gasteiger partial charge is 0.410 e. The summed E-state index contributed by atoms with van der Waals surface area (Å²) in [6, 6.07) is 0.727. The Labute approximate surface area is 109 Å². The minimum atomic E-state index is -0.384. The third-order valence-corrected chi connectivity index (χ3v) is 4.60. The zero-order valence-electron chi connectivity index (χ0n) is 11.6. The number of carbonyl (C=O) groups excluding carboxylic acids is 1. The van der Waals surface area contributed by atoms with Crippen molar-refractivity contribution in [2.45, 2.75) is 45.3 Å². The number of amides is 1. The third-order valence-electron chi connectivity index (χ3n) is 4.60. The van der Waals surface area contributed by atoms with Gasteiger partial charge in [0.25, 0.3) is 0 Å². The lowest BCUT2D eigenvalue weighted by atomic mass is 9.69. The highest BCUT2D eigenvalue weighted by Gasteiger charge is 2.46. The summed E-state index contributed by atoms with van der Waals surface area (Å²) in [5.74, 6) is 2.26. The van der Waals surface area contributed by atoms with Gasteiger partial charge >= 0.3 is 6.09 Å². The molecule has 1 amide bonds. The standard InChI is InChI=1S/C14H24N2O2/c1-14(2,3)18-13(17)16-7-10-4-9-6-15-12(9)5-11(10)8-16/h9-12,15H,4-8H2,1-3H3. The van der Waals surface area contributed by atoms with Gasteiger partial charge in [-0.3, -0.25) is 0 Å². The van der Waals surface area contributed by atoms with Crippen LogP contribution in [0.4, 0.5) is 4.79 Å². The second-order valence-electron chi connectivity index (χ2n) is 7.15. The largest absolute Gasteiger partial charge is 0.444 e. The number of nitrogens with one attached hydrogen (secondary N) is 1. The van der Waals surface area contributed by atoms with Crippen LogP contribution in [-0.4, -0.2) is 42.3 Å². The Morgan fingerprint density at radius 1 is 1.17 bits per heavy atom. The first-order chi connectivity index (χ1) is 8.42. The molecule has 1 aliphatic carbocycles. The van der Waals surface area contributed by atoms with E-state index in [4.69, 9.17) is 4.74 Å². The minimum absolute atomic E-state index is 0.128. The number of carbonyl (C=O) groups is 1. The Hall–Kier alpha value is -0.770. The molecule has 0 bridgehead atoms. The van der Waals surface area contributed by atoms with E-state index >= 15 is 0 Å². The van der Waals surface area contributed by atoms with Crippen LogP contribution >= 0.6 is 0 Å². The van der Waals surface area contributed by atoms with Gasteiger partial charge < -0.3 is 15.0 Å². The van der Waals surface area contributed by atoms with Gasteiger partial charge in [-0.1, -0.05) is 0 Å². The lowest BCUT2D eigenvalue weighted by Crippen LogP contribution is -2.57. The van der Waals surface area contributed by atoms with Crippen LogP contribution in [0.1, 0.15) is 33.6 Å². The van der Waals surface area contributed by atoms with Crippen molar-refractivity contribution < 1.29 is 9.53 Å². The Kier molecular flexibility index (Phi) is 2.81. The maximum Gasteiger partial charge on any atom is 0.410 e. The molecule has 2 saturated heterocycles. The minimum Gasteiger partial charge on any atom is -0.444 e. The van der Waals surface area contributed by atoms with Gasteiger partial charge in [0.05, 0.1) is 0 Å². The van der Waals surface area contributed by atoms with Crippen LogP contribution < -0.4 is 5.32 Å². The van der Waals surface area contributed by atoms with Crippen LogP contribution in [0.5, 0.6) is 0 Å². The molecular weight excluding hydrogens is 228 g/mol. The molecule has 4 unspecified atom stereocenters. The highest BCUT2D eigenvalue weighted by molar-refractivity contribution is 5.68. The summed E-state index contributed by atoms with van der Waals surface area (Å²) in [5, 5.41) is 3.51. The molecule has 18 heavy (non-hydrogen) atoms. The molecule has 4 atom stereocenters. The highest BCUT2D eigenvalue weighted by Crippen LogP contribution is 2.42. The molecule has 1 N–H and O–H groups in total. The number of rotatable bonds is 0. The van der Waals surface area contributed by atoms with E-state index in [-0.39, 0.29) is 11.7 Å². The number of hydrogen-bond acceptors (Lipinski definition) is 3. The summed E-state index contributed by atoms with van der Waals surface area (Å²) in [4.78, 5) is 14.0. The van der Waals surface area contributed by atoms with Gasteiger partial charge in [0.15, 0.2) is 0 Å². The molecule has 102 valence electrons. The number of hydrogen-bond donors (Lipinski definition) is 1. The van der Waals surface area contributed by atoms with E-state index in [1.165, 1.54) is 19.4 Å². The fourth-order valence-corrected chi connectivity index (χ4v) is 3.64. The van der Waals surface area contributed by atoms with E-state index in [1.807, 2.05) is 25.7 Å². The summed E-state index contributed by atoms with van der Waals surface area (Å²) in [6.07, 6.45) is 2.41. The SMILES string of the molecule is CC(C)(C)OC(=O)N1CC2CC3CNC3CC2C1. The Morgan fingerprint density at radius 3 is 2.39 bits per heavy atom. The topological polar surface area (TPSA) is 41.6 Å². The maximum atomic E-state index is 12.1. The van der Waals surface area contributed by atoms with E-state index in [1.54, 1.807) is 0 Å². The third kappa shape index (κ3) is 2.22. The fraction of sp³-hybridized carbons (Fsp3) is 0.929. The predicted octanol–water partition coefficient (Wildman–Crippen LogP) is 1.85. The molecule has 2 aliphatic heterocycles. The number of nitrogens with zero attached hydrogens (tertiary/aromatic N) is 1. The van der Waals surface area contributed by atoms with Crippen molar-refractivity contribution in [1.29, 1.82) is 0 Å². The van der Waals surface area contributed by atoms with Gasteiger partial charge in [0, 0.05) is 19.1 Å². The van der Waals surface area contributed by atoms with Crippen molar-refractivity contribution in [3.05, 3.63) is 0 Å². The van der Waals surface area contributed by atoms with Crippen LogP contribution in [0.15, 0.2) is 0 Å². The summed E-state index contributed by atoms with van der Waals surface area (Å²) in [6.45, 7) is 8.77. The zero-order chi connectivity index (χ0) is 12.9. The Morgan fingerprint density at radius 2 is 1.83 bits per heavy atom. The molecule has 0 aromatic heterocycles. The van der Waals surface area contributed by atoms with Crippen molar-refractivity contribution in [2.75, 3.05) is 19.6 Å². The first-order valence-electron chi connectivity index (χ1n) is 7.14. The molecule has 4 nitrogen and oxygen atoms in total. The Bertz CT molecular complexity index is 330. The van der Waals surface area contributed by atoms with Gasteiger partial charge in [0.1, 0.15) is 5.60 Å².